The van der Waals surface area contributed by atoms with Gasteiger partial charge in [0.1, 0.15) is 6.07 Å². The van der Waals surface area contributed by atoms with Gasteiger partial charge in [-0.15, -0.1) is 0 Å². The highest BCUT2D eigenvalue weighted by Gasteiger charge is 2.00. The van der Waals surface area contributed by atoms with Gasteiger partial charge in [0.05, 0.1) is 12.7 Å². The summed E-state index contributed by atoms with van der Waals surface area (Å²) in [5.74, 6) is 4.10. The molecule has 74 valence electrons. The minimum Gasteiger partial charge on any atom is -0.459 e. The van der Waals surface area contributed by atoms with Crippen LogP contribution in [0.5, 0.6) is 0 Å². The summed E-state index contributed by atoms with van der Waals surface area (Å²) < 4.78 is 4.35. The lowest BCUT2D eigenvalue weighted by Gasteiger charge is -1.95. The molecule has 1 rings (SSSR count). The third kappa shape index (κ3) is 3.02. The maximum absolute atomic E-state index is 10.8. The standard InChI is InChI=1S/C11H6ClNO2/c1-15-11(14)5-3-8-6-10(12)4-2-9(8)7-13/h2,4,6H,1H3. The van der Waals surface area contributed by atoms with Crippen LogP contribution >= 0.6 is 11.6 Å². The predicted octanol–water partition coefficient (Wildman–Crippen LogP) is 1.74. The van der Waals surface area contributed by atoms with Crippen LogP contribution in [0.25, 0.3) is 0 Å². The molecule has 0 atom stereocenters. The molecule has 1 aromatic rings. The van der Waals surface area contributed by atoms with Crippen molar-refractivity contribution in [2.45, 2.75) is 0 Å². The van der Waals surface area contributed by atoms with Gasteiger partial charge in [-0.2, -0.15) is 5.26 Å². The van der Waals surface area contributed by atoms with E-state index in [1.165, 1.54) is 13.2 Å². The van der Waals surface area contributed by atoms with Gasteiger partial charge in [-0.05, 0) is 18.2 Å². The molecule has 3 nitrogen and oxygen atoms in total. The van der Waals surface area contributed by atoms with Crippen molar-refractivity contribution in [3.63, 3.8) is 0 Å². The van der Waals surface area contributed by atoms with E-state index in [1.54, 1.807) is 12.1 Å². The van der Waals surface area contributed by atoms with Crippen LogP contribution < -0.4 is 0 Å². The number of halogens is 1. The zero-order chi connectivity index (χ0) is 11.3. The van der Waals surface area contributed by atoms with Crippen LogP contribution in [-0.2, 0) is 9.53 Å². The molecule has 4 heteroatoms. The van der Waals surface area contributed by atoms with Crippen molar-refractivity contribution in [2.75, 3.05) is 7.11 Å². The molecule has 0 heterocycles. The van der Waals surface area contributed by atoms with Gasteiger partial charge in [-0.25, -0.2) is 4.79 Å². The second-order valence-electron chi connectivity index (χ2n) is 2.54. The number of esters is 1. The number of carbonyl (C=O) groups is 1. The number of nitriles is 1. The Bertz CT molecular complexity index is 492. The van der Waals surface area contributed by atoms with E-state index >= 15 is 0 Å². The summed E-state index contributed by atoms with van der Waals surface area (Å²) in [5.41, 5.74) is 0.784. The van der Waals surface area contributed by atoms with Gasteiger partial charge in [-0.3, -0.25) is 0 Å². The molecule has 0 bridgehead atoms. The summed E-state index contributed by atoms with van der Waals surface area (Å²) in [6, 6.07) is 6.61. The molecule has 0 spiro atoms. The first-order valence-corrected chi connectivity index (χ1v) is 4.35. The molecular weight excluding hydrogens is 214 g/mol. The number of rotatable bonds is 0. The van der Waals surface area contributed by atoms with Crippen LogP contribution in [0.1, 0.15) is 11.1 Å². The summed E-state index contributed by atoms with van der Waals surface area (Å²) in [6.07, 6.45) is 0. The second kappa shape index (κ2) is 5.05. The van der Waals surface area contributed by atoms with E-state index in [0.717, 1.165) is 0 Å². The number of methoxy groups -OCH3 is 1. The Morgan fingerprint density at radius 2 is 2.20 bits per heavy atom. The Morgan fingerprint density at radius 3 is 2.80 bits per heavy atom. The van der Waals surface area contributed by atoms with E-state index in [2.05, 4.69) is 16.6 Å². The zero-order valence-corrected chi connectivity index (χ0v) is 8.63. The molecule has 0 amide bonds. The number of hydrogen-bond acceptors (Lipinski definition) is 3. The zero-order valence-electron chi connectivity index (χ0n) is 7.87. The second-order valence-corrected chi connectivity index (χ2v) is 2.98. The lowest BCUT2D eigenvalue weighted by Crippen LogP contribution is -1.95. The van der Waals surface area contributed by atoms with E-state index in [4.69, 9.17) is 16.9 Å². The third-order valence-electron chi connectivity index (χ3n) is 1.59. The van der Waals surface area contributed by atoms with Crippen LogP contribution in [0, 0.1) is 23.2 Å². The Labute approximate surface area is 92.2 Å². The van der Waals surface area contributed by atoms with Crippen molar-refractivity contribution in [1.29, 1.82) is 5.26 Å². The van der Waals surface area contributed by atoms with E-state index in [-0.39, 0.29) is 0 Å². The van der Waals surface area contributed by atoms with Crippen LogP contribution in [0.15, 0.2) is 18.2 Å². The average molecular weight is 220 g/mol. The van der Waals surface area contributed by atoms with Crippen LogP contribution in [0.4, 0.5) is 0 Å². The number of nitrogens with zero attached hydrogens (tertiary/aromatic N) is 1. The van der Waals surface area contributed by atoms with Crippen molar-refractivity contribution in [1.82, 2.24) is 0 Å². The van der Waals surface area contributed by atoms with Crippen molar-refractivity contribution < 1.29 is 9.53 Å². The maximum atomic E-state index is 10.8. The molecule has 0 saturated heterocycles. The molecule has 0 saturated carbocycles. The van der Waals surface area contributed by atoms with E-state index in [1.807, 2.05) is 6.07 Å². The largest absolute Gasteiger partial charge is 0.459 e. The van der Waals surface area contributed by atoms with Crippen LogP contribution in [0.2, 0.25) is 5.02 Å². The molecule has 1 aromatic carbocycles. The van der Waals surface area contributed by atoms with Gasteiger partial charge >= 0.3 is 5.97 Å². The van der Waals surface area contributed by atoms with Gasteiger partial charge in [0.25, 0.3) is 0 Å². The molecule has 0 N–H and O–H groups in total. The summed E-state index contributed by atoms with van der Waals surface area (Å²) in [7, 11) is 1.24. The summed E-state index contributed by atoms with van der Waals surface area (Å²) in [5, 5.41) is 9.22. The highest BCUT2D eigenvalue weighted by atomic mass is 35.5. The quantitative estimate of drug-likeness (QED) is 0.493. The van der Waals surface area contributed by atoms with Crippen molar-refractivity contribution in [3.05, 3.63) is 34.3 Å². The smallest absolute Gasteiger partial charge is 0.384 e. The molecule has 0 radical (unpaired) electrons. The summed E-state index contributed by atoms with van der Waals surface area (Å²) >= 11 is 5.73. The fourth-order valence-corrected chi connectivity index (χ4v) is 1.06. The topological polar surface area (TPSA) is 50.1 Å². The fraction of sp³-hybridized carbons (Fsp3) is 0.0909. The lowest BCUT2D eigenvalue weighted by molar-refractivity contribution is -0.133. The lowest BCUT2D eigenvalue weighted by atomic mass is 10.1. The summed E-state index contributed by atoms with van der Waals surface area (Å²) in [6.45, 7) is 0. The minimum atomic E-state index is -0.654. The van der Waals surface area contributed by atoms with Crippen molar-refractivity contribution in [3.8, 4) is 17.9 Å². The molecule has 0 aliphatic heterocycles. The summed E-state index contributed by atoms with van der Waals surface area (Å²) in [4.78, 5) is 10.8. The first-order chi connectivity index (χ1) is 7.17. The Hall–Kier alpha value is -1.97. The monoisotopic (exact) mass is 219 g/mol. The van der Waals surface area contributed by atoms with E-state index in [9.17, 15) is 4.79 Å². The molecule has 0 aromatic heterocycles. The molecule has 0 aliphatic rings. The SMILES string of the molecule is COC(=O)C#Cc1cc(Cl)ccc1C#N. The van der Waals surface area contributed by atoms with E-state index < -0.39 is 5.97 Å². The molecule has 0 unspecified atom stereocenters. The fourth-order valence-electron chi connectivity index (χ4n) is 0.887. The molecule has 0 aliphatic carbocycles. The van der Waals surface area contributed by atoms with Crippen LogP contribution in [0.3, 0.4) is 0 Å². The molecule has 15 heavy (non-hydrogen) atoms. The number of ether oxygens (including phenoxy) is 1. The third-order valence-corrected chi connectivity index (χ3v) is 1.82. The van der Waals surface area contributed by atoms with Crippen molar-refractivity contribution in [2.24, 2.45) is 0 Å². The van der Waals surface area contributed by atoms with Gasteiger partial charge < -0.3 is 4.74 Å². The highest BCUT2D eigenvalue weighted by Crippen LogP contribution is 2.14. The normalized spacial score (nSPS) is 8.33. The predicted molar refractivity (Wildman–Crippen MR) is 55.1 cm³/mol. The first-order valence-electron chi connectivity index (χ1n) is 3.97. The number of carbonyl (C=O) groups excluding carboxylic acids is 1. The van der Waals surface area contributed by atoms with Crippen LogP contribution in [-0.4, -0.2) is 13.1 Å². The van der Waals surface area contributed by atoms with Gasteiger partial charge in [0.15, 0.2) is 0 Å². The number of benzene rings is 1. The molecular formula is C11H6ClNO2. The Balaban J connectivity index is 3.12. The minimum absolute atomic E-state index is 0.371. The van der Waals surface area contributed by atoms with E-state index in [0.29, 0.717) is 16.1 Å². The number of hydrogen-bond donors (Lipinski definition) is 0. The Kier molecular flexibility index (Phi) is 3.74. The molecule has 0 fully saturated rings. The average Bonchev–Trinajstić information content (AvgIpc) is 2.26. The maximum Gasteiger partial charge on any atom is 0.384 e. The Morgan fingerprint density at radius 1 is 1.47 bits per heavy atom. The van der Waals surface area contributed by atoms with Gasteiger partial charge in [0, 0.05) is 16.5 Å². The van der Waals surface area contributed by atoms with Gasteiger partial charge in [-0.1, -0.05) is 17.5 Å². The van der Waals surface area contributed by atoms with Crippen molar-refractivity contribution >= 4 is 17.6 Å². The van der Waals surface area contributed by atoms with Gasteiger partial charge in [0.2, 0.25) is 0 Å². The first kappa shape index (κ1) is 11.1. The highest BCUT2D eigenvalue weighted by molar-refractivity contribution is 6.30.